The van der Waals surface area contributed by atoms with Crippen LogP contribution in [0.1, 0.15) is 5.56 Å². The van der Waals surface area contributed by atoms with E-state index in [1.165, 1.54) is 11.8 Å². The van der Waals surface area contributed by atoms with Gasteiger partial charge in [0.1, 0.15) is 0 Å². The molecule has 4 aromatic rings. The van der Waals surface area contributed by atoms with E-state index in [9.17, 15) is 4.79 Å². The van der Waals surface area contributed by atoms with Gasteiger partial charge in [0.2, 0.25) is 17.9 Å². The van der Waals surface area contributed by atoms with Crippen LogP contribution in [0.25, 0.3) is 16.9 Å². The number of ether oxygens (including phenoxy) is 4. The van der Waals surface area contributed by atoms with E-state index in [0.29, 0.717) is 46.8 Å². The number of thioether (sulfide) groups is 1. The molecular weight excluding hydrogens is 470 g/mol. The largest absolute Gasteiger partial charge is 0.493 e. The van der Waals surface area contributed by atoms with Crippen molar-refractivity contribution >= 4 is 23.3 Å². The molecule has 0 spiro atoms. The first-order valence-electron chi connectivity index (χ1n) is 10.9. The molecule has 0 fully saturated rings. The fourth-order valence-electron chi connectivity index (χ4n) is 3.63. The number of nitrogens with one attached hydrogen (secondary N) is 1. The first-order valence-corrected chi connectivity index (χ1v) is 11.9. The zero-order valence-corrected chi connectivity index (χ0v) is 20.0. The van der Waals surface area contributed by atoms with Gasteiger partial charge in [-0.15, -0.1) is 10.2 Å². The quantitative estimate of drug-likeness (QED) is 0.352. The first-order chi connectivity index (χ1) is 17.1. The van der Waals surface area contributed by atoms with E-state index in [1.54, 1.807) is 18.7 Å². The summed E-state index contributed by atoms with van der Waals surface area (Å²) in [5.41, 5.74) is 3.26. The van der Waals surface area contributed by atoms with Crippen LogP contribution in [0.2, 0.25) is 0 Å². The zero-order chi connectivity index (χ0) is 24.2. The number of amides is 1. The Bertz CT molecular complexity index is 1380. The number of benzene rings is 2. The first kappa shape index (κ1) is 22.8. The topological polar surface area (TPSA) is 109 Å². The molecule has 11 heteroatoms. The Hall–Kier alpha value is -3.99. The highest BCUT2D eigenvalue weighted by Gasteiger charge is 2.16. The van der Waals surface area contributed by atoms with Crippen LogP contribution in [-0.4, -0.2) is 59.0 Å². The number of fused-ring (bicyclic) bond motifs is 2. The third kappa shape index (κ3) is 4.94. The maximum Gasteiger partial charge on any atom is 0.231 e. The van der Waals surface area contributed by atoms with Crippen LogP contribution in [0.3, 0.4) is 0 Å². The maximum atomic E-state index is 12.4. The standard InChI is InChI=1S/C24H23N5O5S/c1-31-18-6-3-15(11-20(18)32-2)9-10-25-23(30)13-35-24-27-26-22-8-5-17(28-29(22)24)16-4-7-19-21(12-16)34-14-33-19/h3-8,11-12H,9-10,13-14H2,1-2H3,(H,25,30). The average Bonchev–Trinajstić information content (AvgIpc) is 3.53. The Morgan fingerprint density at radius 1 is 1.03 bits per heavy atom. The van der Waals surface area contributed by atoms with E-state index in [0.717, 1.165) is 16.8 Å². The van der Waals surface area contributed by atoms with Gasteiger partial charge in [-0.2, -0.15) is 9.61 Å². The van der Waals surface area contributed by atoms with Gasteiger partial charge in [-0.05, 0) is 54.4 Å². The van der Waals surface area contributed by atoms with Crippen LogP contribution in [-0.2, 0) is 11.2 Å². The van der Waals surface area contributed by atoms with Crippen molar-refractivity contribution < 1.29 is 23.7 Å². The molecule has 1 N–H and O–H groups in total. The number of nitrogens with zero attached hydrogens (tertiary/aromatic N) is 4. The summed E-state index contributed by atoms with van der Waals surface area (Å²) in [6, 6.07) is 15.1. The lowest BCUT2D eigenvalue weighted by atomic mass is 10.1. The number of hydrogen-bond acceptors (Lipinski definition) is 9. The van der Waals surface area contributed by atoms with E-state index in [2.05, 4.69) is 20.6 Å². The van der Waals surface area contributed by atoms with Crippen molar-refractivity contribution in [1.82, 2.24) is 25.1 Å². The Labute approximate surface area is 205 Å². The lowest BCUT2D eigenvalue weighted by Crippen LogP contribution is -2.27. The Morgan fingerprint density at radius 3 is 2.74 bits per heavy atom. The number of rotatable bonds is 9. The third-order valence-corrected chi connectivity index (χ3v) is 6.34. The number of hydrogen-bond donors (Lipinski definition) is 1. The molecule has 0 bridgehead atoms. The monoisotopic (exact) mass is 493 g/mol. The summed E-state index contributed by atoms with van der Waals surface area (Å²) in [4.78, 5) is 12.4. The molecule has 0 saturated heterocycles. The van der Waals surface area contributed by atoms with Gasteiger partial charge in [0, 0.05) is 12.1 Å². The number of aromatic nitrogens is 4. The zero-order valence-electron chi connectivity index (χ0n) is 19.2. The number of methoxy groups -OCH3 is 2. The fourth-order valence-corrected chi connectivity index (χ4v) is 4.35. The molecule has 1 aliphatic rings. The molecule has 35 heavy (non-hydrogen) atoms. The molecular formula is C24H23N5O5S. The number of carbonyl (C=O) groups is 1. The van der Waals surface area contributed by atoms with Gasteiger partial charge in [-0.25, -0.2) is 0 Å². The summed E-state index contributed by atoms with van der Waals surface area (Å²) in [6.07, 6.45) is 0.672. The molecule has 1 aliphatic heterocycles. The van der Waals surface area contributed by atoms with Crippen LogP contribution < -0.4 is 24.3 Å². The Kier molecular flexibility index (Phi) is 6.57. The summed E-state index contributed by atoms with van der Waals surface area (Å²) in [5.74, 6) is 2.84. The van der Waals surface area contributed by atoms with Crippen molar-refractivity contribution in [1.29, 1.82) is 0 Å². The molecule has 0 radical (unpaired) electrons. The van der Waals surface area contributed by atoms with Gasteiger partial charge < -0.3 is 24.3 Å². The molecule has 10 nitrogen and oxygen atoms in total. The van der Waals surface area contributed by atoms with Crippen molar-refractivity contribution in [2.75, 3.05) is 33.3 Å². The van der Waals surface area contributed by atoms with Crippen molar-refractivity contribution in [3.8, 4) is 34.3 Å². The van der Waals surface area contributed by atoms with Crippen LogP contribution in [0.5, 0.6) is 23.0 Å². The highest BCUT2D eigenvalue weighted by Crippen LogP contribution is 2.35. The Balaban J connectivity index is 1.19. The predicted molar refractivity (Wildman–Crippen MR) is 129 cm³/mol. The second-order valence-corrected chi connectivity index (χ2v) is 8.56. The molecule has 0 atom stereocenters. The summed E-state index contributed by atoms with van der Waals surface area (Å²) >= 11 is 1.28. The SMILES string of the molecule is COc1ccc(CCNC(=O)CSc2nnc3ccc(-c4ccc5c(c4)OCO5)nn23)cc1OC. The van der Waals surface area contributed by atoms with Crippen LogP contribution >= 0.6 is 11.8 Å². The fraction of sp³-hybridized carbons (Fsp3) is 0.250. The summed E-state index contributed by atoms with van der Waals surface area (Å²) in [5, 5.41) is 16.5. The second-order valence-electron chi connectivity index (χ2n) is 7.62. The molecule has 2 aromatic carbocycles. The molecule has 1 amide bonds. The minimum absolute atomic E-state index is 0.0980. The molecule has 0 saturated carbocycles. The summed E-state index contributed by atoms with van der Waals surface area (Å²) < 4.78 is 23.1. The summed E-state index contributed by atoms with van der Waals surface area (Å²) in [6.45, 7) is 0.718. The van der Waals surface area contributed by atoms with E-state index < -0.39 is 0 Å². The van der Waals surface area contributed by atoms with Crippen molar-refractivity contribution in [3.05, 3.63) is 54.1 Å². The minimum atomic E-state index is -0.0980. The highest BCUT2D eigenvalue weighted by atomic mass is 32.2. The van der Waals surface area contributed by atoms with Gasteiger partial charge in [0.05, 0.1) is 25.7 Å². The average molecular weight is 494 g/mol. The van der Waals surface area contributed by atoms with Gasteiger partial charge >= 0.3 is 0 Å². The summed E-state index contributed by atoms with van der Waals surface area (Å²) in [7, 11) is 3.20. The van der Waals surface area contributed by atoms with Crippen molar-refractivity contribution in [3.63, 3.8) is 0 Å². The predicted octanol–water partition coefficient (Wildman–Crippen LogP) is 2.99. The van der Waals surface area contributed by atoms with Gasteiger partial charge in [0.15, 0.2) is 28.6 Å². The molecule has 0 unspecified atom stereocenters. The lowest BCUT2D eigenvalue weighted by Gasteiger charge is -2.10. The lowest BCUT2D eigenvalue weighted by molar-refractivity contribution is -0.118. The van der Waals surface area contributed by atoms with E-state index >= 15 is 0 Å². The van der Waals surface area contributed by atoms with Gasteiger partial charge in [-0.1, -0.05) is 17.8 Å². The van der Waals surface area contributed by atoms with Gasteiger partial charge in [0.25, 0.3) is 0 Å². The van der Waals surface area contributed by atoms with E-state index in [4.69, 9.17) is 18.9 Å². The normalized spacial score (nSPS) is 12.1. The molecule has 0 aliphatic carbocycles. The van der Waals surface area contributed by atoms with Gasteiger partial charge in [-0.3, -0.25) is 4.79 Å². The molecule has 3 heterocycles. The van der Waals surface area contributed by atoms with Crippen LogP contribution in [0.15, 0.2) is 53.7 Å². The third-order valence-electron chi connectivity index (χ3n) is 5.42. The van der Waals surface area contributed by atoms with Crippen molar-refractivity contribution in [2.24, 2.45) is 0 Å². The van der Waals surface area contributed by atoms with E-state index in [1.807, 2.05) is 48.5 Å². The highest BCUT2D eigenvalue weighted by molar-refractivity contribution is 7.99. The molecule has 180 valence electrons. The van der Waals surface area contributed by atoms with Crippen LogP contribution in [0.4, 0.5) is 0 Å². The second kappa shape index (κ2) is 10.1. The maximum absolute atomic E-state index is 12.4. The minimum Gasteiger partial charge on any atom is -0.493 e. The van der Waals surface area contributed by atoms with Crippen molar-refractivity contribution in [2.45, 2.75) is 11.6 Å². The molecule has 5 rings (SSSR count). The van der Waals surface area contributed by atoms with Crippen LogP contribution in [0, 0.1) is 0 Å². The molecule has 2 aromatic heterocycles. The van der Waals surface area contributed by atoms with E-state index in [-0.39, 0.29) is 18.5 Å². The smallest absolute Gasteiger partial charge is 0.231 e. The Morgan fingerprint density at radius 2 is 1.89 bits per heavy atom. The number of carbonyl (C=O) groups excluding carboxylic acids is 1.